The second-order valence-corrected chi connectivity index (χ2v) is 5.31. The number of carbonyl (C=O) groups excluding carboxylic acids is 1. The number of hydrogen-bond acceptors (Lipinski definition) is 2. The molecule has 1 aromatic carbocycles. The Morgan fingerprint density at radius 1 is 1.44 bits per heavy atom. The highest BCUT2D eigenvalue weighted by molar-refractivity contribution is 8.00. The molecule has 0 saturated carbocycles. The minimum Gasteiger partial charge on any atom is -0.326 e. The van der Waals surface area contributed by atoms with Crippen LogP contribution in [0.1, 0.15) is 24.3 Å². The van der Waals surface area contributed by atoms with Crippen molar-refractivity contribution in [2.45, 2.75) is 18.7 Å². The molecule has 0 radical (unpaired) electrons. The fourth-order valence-corrected chi connectivity index (χ4v) is 3.19. The SMILES string of the molecule is CCCN1C(=O)CSC1c1ccc(Cl)cc1. The quantitative estimate of drug-likeness (QED) is 0.826. The summed E-state index contributed by atoms with van der Waals surface area (Å²) in [6.07, 6.45) is 0.996. The van der Waals surface area contributed by atoms with Gasteiger partial charge in [-0.2, -0.15) is 0 Å². The van der Waals surface area contributed by atoms with Gasteiger partial charge in [0.1, 0.15) is 5.37 Å². The molecule has 0 bridgehead atoms. The van der Waals surface area contributed by atoms with Gasteiger partial charge in [-0.15, -0.1) is 11.8 Å². The van der Waals surface area contributed by atoms with E-state index >= 15 is 0 Å². The largest absolute Gasteiger partial charge is 0.326 e. The smallest absolute Gasteiger partial charge is 0.233 e. The lowest BCUT2D eigenvalue weighted by Crippen LogP contribution is -2.28. The average molecular weight is 256 g/mol. The van der Waals surface area contributed by atoms with E-state index in [9.17, 15) is 4.79 Å². The van der Waals surface area contributed by atoms with Crippen LogP contribution in [0.15, 0.2) is 24.3 Å². The number of halogens is 1. The van der Waals surface area contributed by atoms with Gasteiger partial charge in [-0.05, 0) is 24.1 Å². The standard InChI is InChI=1S/C12H14ClNOS/c1-2-7-14-11(15)8-16-12(14)9-3-5-10(13)6-4-9/h3-6,12H,2,7-8H2,1H3. The van der Waals surface area contributed by atoms with Gasteiger partial charge in [0.2, 0.25) is 5.91 Å². The van der Waals surface area contributed by atoms with E-state index in [0.29, 0.717) is 5.75 Å². The zero-order valence-corrected chi connectivity index (χ0v) is 10.7. The predicted octanol–water partition coefficient (Wildman–Crippen LogP) is 3.32. The molecule has 0 N–H and O–H groups in total. The van der Waals surface area contributed by atoms with Crippen LogP contribution in [0.25, 0.3) is 0 Å². The maximum Gasteiger partial charge on any atom is 0.233 e. The second kappa shape index (κ2) is 5.11. The van der Waals surface area contributed by atoms with Gasteiger partial charge in [0.25, 0.3) is 0 Å². The van der Waals surface area contributed by atoms with Crippen LogP contribution < -0.4 is 0 Å². The van der Waals surface area contributed by atoms with Gasteiger partial charge in [-0.3, -0.25) is 4.79 Å². The highest BCUT2D eigenvalue weighted by Gasteiger charge is 2.31. The summed E-state index contributed by atoms with van der Waals surface area (Å²) in [6.45, 7) is 2.92. The highest BCUT2D eigenvalue weighted by atomic mass is 35.5. The maximum atomic E-state index is 11.7. The van der Waals surface area contributed by atoms with Gasteiger partial charge < -0.3 is 4.90 Å². The normalized spacial score (nSPS) is 20.5. The lowest BCUT2D eigenvalue weighted by Gasteiger charge is -2.23. The Morgan fingerprint density at radius 2 is 2.12 bits per heavy atom. The van der Waals surface area contributed by atoms with E-state index < -0.39 is 0 Å². The molecule has 2 nitrogen and oxygen atoms in total. The zero-order valence-electron chi connectivity index (χ0n) is 9.15. The lowest BCUT2D eigenvalue weighted by molar-refractivity contribution is -0.128. The molecule has 0 aliphatic carbocycles. The van der Waals surface area contributed by atoms with Crippen LogP contribution in [0.5, 0.6) is 0 Å². The molecule has 1 saturated heterocycles. The minimum atomic E-state index is 0.171. The molecule has 0 spiro atoms. The monoisotopic (exact) mass is 255 g/mol. The number of amides is 1. The Bertz CT molecular complexity index is 379. The van der Waals surface area contributed by atoms with Gasteiger partial charge in [-0.25, -0.2) is 0 Å². The molecule has 1 aliphatic heterocycles. The van der Waals surface area contributed by atoms with Crippen molar-refractivity contribution in [3.8, 4) is 0 Å². The first-order chi connectivity index (χ1) is 7.72. The van der Waals surface area contributed by atoms with Gasteiger partial charge in [0.15, 0.2) is 0 Å². The maximum absolute atomic E-state index is 11.7. The van der Waals surface area contributed by atoms with Crippen molar-refractivity contribution in [3.63, 3.8) is 0 Å². The zero-order chi connectivity index (χ0) is 11.5. The Balaban J connectivity index is 2.19. The van der Waals surface area contributed by atoms with E-state index in [1.54, 1.807) is 11.8 Å². The minimum absolute atomic E-state index is 0.171. The molecular formula is C12H14ClNOS. The highest BCUT2D eigenvalue weighted by Crippen LogP contribution is 2.38. The Labute approximate surface area is 105 Å². The molecule has 0 aromatic heterocycles. The van der Waals surface area contributed by atoms with Crippen molar-refractivity contribution in [3.05, 3.63) is 34.9 Å². The van der Waals surface area contributed by atoms with Crippen LogP contribution in [0, 0.1) is 0 Å². The molecule has 86 valence electrons. The molecular weight excluding hydrogens is 242 g/mol. The average Bonchev–Trinajstić information content (AvgIpc) is 2.63. The summed E-state index contributed by atoms with van der Waals surface area (Å²) < 4.78 is 0. The molecule has 1 aromatic rings. The molecule has 2 rings (SSSR count). The third-order valence-corrected chi connectivity index (χ3v) is 4.10. The molecule has 1 unspecified atom stereocenters. The molecule has 1 heterocycles. The Hall–Kier alpha value is -0.670. The third kappa shape index (κ3) is 2.36. The van der Waals surface area contributed by atoms with E-state index in [2.05, 4.69) is 6.92 Å². The second-order valence-electron chi connectivity index (χ2n) is 3.80. The van der Waals surface area contributed by atoms with Crippen LogP contribution in [0.4, 0.5) is 0 Å². The summed E-state index contributed by atoms with van der Waals surface area (Å²) in [7, 11) is 0. The van der Waals surface area contributed by atoms with Crippen molar-refractivity contribution in [1.29, 1.82) is 0 Å². The van der Waals surface area contributed by atoms with Crippen LogP contribution in [-0.4, -0.2) is 23.1 Å². The van der Waals surface area contributed by atoms with Gasteiger partial charge in [-0.1, -0.05) is 30.7 Å². The molecule has 1 atom stereocenters. The van der Waals surface area contributed by atoms with Gasteiger partial charge >= 0.3 is 0 Å². The van der Waals surface area contributed by atoms with Crippen LogP contribution in [0.2, 0.25) is 5.02 Å². The Morgan fingerprint density at radius 3 is 2.75 bits per heavy atom. The van der Waals surface area contributed by atoms with Gasteiger partial charge in [0, 0.05) is 11.6 Å². The van der Waals surface area contributed by atoms with Crippen molar-refractivity contribution in [2.24, 2.45) is 0 Å². The summed E-state index contributed by atoms with van der Waals surface area (Å²) in [5, 5.41) is 0.907. The first-order valence-electron chi connectivity index (χ1n) is 5.39. The predicted molar refractivity (Wildman–Crippen MR) is 68.7 cm³/mol. The first kappa shape index (κ1) is 11.8. The van der Waals surface area contributed by atoms with E-state index in [1.165, 1.54) is 0 Å². The van der Waals surface area contributed by atoms with Crippen LogP contribution >= 0.6 is 23.4 Å². The van der Waals surface area contributed by atoms with E-state index in [-0.39, 0.29) is 11.3 Å². The summed E-state index contributed by atoms with van der Waals surface area (Å²) in [4.78, 5) is 13.6. The number of hydrogen-bond donors (Lipinski definition) is 0. The Kier molecular flexibility index (Phi) is 3.77. The number of benzene rings is 1. The number of nitrogens with zero attached hydrogens (tertiary/aromatic N) is 1. The van der Waals surface area contributed by atoms with Crippen molar-refractivity contribution < 1.29 is 4.79 Å². The summed E-state index contributed by atoms with van der Waals surface area (Å²) in [6, 6.07) is 7.76. The van der Waals surface area contributed by atoms with E-state index in [0.717, 1.165) is 23.6 Å². The molecule has 1 fully saturated rings. The van der Waals surface area contributed by atoms with Gasteiger partial charge in [0.05, 0.1) is 5.75 Å². The number of carbonyl (C=O) groups is 1. The van der Waals surface area contributed by atoms with Crippen molar-refractivity contribution in [1.82, 2.24) is 4.90 Å². The van der Waals surface area contributed by atoms with Crippen LogP contribution in [0.3, 0.4) is 0 Å². The number of thioether (sulfide) groups is 1. The van der Waals surface area contributed by atoms with Crippen molar-refractivity contribution >= 4 is 29.3 Å². The molecule has 1 aliphatic rings. The fourth-order valence-electron chi connectivity index (χ4n) is 1.84. The van der Waals surface area contributed by atoms with Crippen molar-refractivity contribution in [2.75, 3.05) is 12.3 Å². The summed E-state index contributed by atoms with van der Waals surface area (Å²) in [5.74, 6) is 0.833. The summed E-state index contributed by atoms with van der Waals surface area (Å²) >= 11 is 7.55. The summed E-state index contributed by atoms with van der Waals surface area (Å²) in [5.41, 5.74) is 1.16. The van der Waals surface area contributed by atoms with Crippen LogP contribution in [-0.2, 0) is 4.79 Å². The third-order valence-electron chi connectivity index (χ3n) is 2.59. The molecule has 1 amide bonds. The number of rotatable bonds is 3. The first-order valence-corrected chi connectivity index (χ1v) is 6.81. The molecule has 4 heteroatoms. The van der Waals surface area contributed by atoms with E-state index in [1.807, 2.05) is 29.2 Å². The topological polar surface area (TPSA) is 20.3 Å². The molecule has 16 heavy (non-hydrogen) atoms. The fraction of sp³-hybridized carbons (Fsp3) is 0.417. The lowest BCUT2D eigenvalue weighted by atomic mass is 10.2. The van der Waals surface area contributed by atoms with E-state index in [4.69, 9.17) is 11.6 Å².